The lowest BCUT2D eigenvalue weighted by Gasteiger charge is -2.50. The third-order valence-electron chi connectivity index (χ3n) is 12.8. The van der Waals surface area contributed by atoms with E-state index in [1.54, 1.807) is 0 Å². The molecule has 0 bridgehead atoms. The van der Waals surface area contributed by atoms with E-state index in [9.17, 15) is 0 Å². The van der Waals surface area contributed by atoms with Crippen LogP contribution in [0, 0.1) is 0 Å². The Kier molecular flexibility index (Phi) is 10.0. The molecule has 1 N–H and O–H groups in total. The summed E-state index contributed by atoms with van der Waals surface area (Å²) in [6.07, 6.45) is 9.06. The maximum atomic E-state index is 3.98. The number of nitrogens with one attached hydrogen (secondary N) is 1. The number of hydrogen-bond donors (Lipinski definition) is 1. The standard InChI is InChI=1S/C62H46N2/c1-2-18-58-54(37-29-44-19-8-3-9-20-44)62(55-41-50(32-38-59(55)63-58)46-23-12-5-13-24-46)56-42-51(47-25-14-6-15-26-47)33-39-60(56)64(53-35-30-49(31-36-53)45-21-10-4-11-22-45)61-40-34-52(43-57(61)62)48-27-16-7-17-28-48/h2-43,63H,1H3/b18-2-,37-29?. The Hall–Kier alpha value is -8.20. The van der Waals surface area contributed by atoms with Crippen molar-refractivity contribution in [2.24, 2.45) is 0 Å². The molecule has 2 heteroatoms. The summed E-state index contributed by atoms with van der Waals surface area (Å²) in [5.74, 6) is 0. The predicted octanol–water partition coefficient (Wildman–Crippen LogP) is 16.4. The van der Waals surface area contributed by atoms with Crippen LogP contribution in [-0.2, 0) is 5.41 Å². The van der Waals surface area contributed by atoms with E-state index in [0.29, 0.717) is 0 Å². The van der Waals surface area contributed by atoms with Gasteiger partial charge in [0, 0.05) is 17.1 Å². The van der Waals surface area contributed by atoms with Gasteiger partial charge in [0.25, 0.3) is 0 Å². The number of benzene rings is 9. The summed E-state index contributed by atoms with van der Waals surface area (Å²) in [6, 6.07) is 84.1. The minimum absolute atomic E-state index is 0.799. The number of allylic oxidation sites excluding steroid dienone is 4. The summed E-state index contributed by atoms with van der Waals surface area (Å²) >= 11 is 0. The zero-order valence-electron chi connectivity index (χ0n) is 35.7. The van der Waals surface area contributed by atoms with Crippen molar-refractivity contribution in [3.05, 3.63) is 282 Å². The molecule has 64 heavy (non-hydrogen) atoms. The smallest absolute Gasteiger partial charge is 0.0783 e. The lowest BCUT2D eigenvalue weighted by atomic mass is 9.59. The summed E-state index contributed by atoms with van der Waals surface area (Å²) in [6.45, 7) is 2.11. The molecule has 9 aromatic rings. The van der Waals surface area contributed by atoms with E-state index in [2.05, 4.69) is 272 Å². The Morgan fingerprint density at radius 1 is 0.375 bits per heavy atom. The van der Waals surface area contributed by atoms with Gasteiger partial charge in [-0.3, -0.25) is 0 Å². The van der Waals surface area contributed by atoms with Crippen molar-refractivity contribution >= 4 is 28.8 Å². The quantitative estimate of drug-likeness (QED) is 0.164. The van der Waals surface area contributed by atoms with E-state index in [-0.39, 0.29) is 0 Å². The number of rotatable bonds is 8. The van der Waals surface area contributed by atoms with Gasteiger partial charge in [0.1, 0.15) is 0 Å². The molecule has 0 atom stereocenters. The fraction of sp³-hybridized carbons (Fsp3) is 0.0323. The molecule has 2 heterocycles. The minimum atomic E-state index is -0.799. The third kappa shape index (κ3) is 6.77. The van der Waals surface area contributed by atoms with Crippen LogP contribution < -0.4 is 10.2 Å². The molecule has 0 saturated carbocycles. The molecule has 11 rings (SSSR count). The Bertz CT molecular complexity index is 3110. The van der Waals surface area contributed by atoms with Gasteiger partial charge < -0.3 is 10.2 Å². The minimum Gasteiger partial charge on any atom is -0.355 e. The molecule has 2 nitrogen and oxygen atoms in total. The van der Waals surface area contributed by atoms with Crippen LogP contribution >= 0.6 is 0 Å². The molecule has 0 amide bonds. The Morgan fingerprint density at radius 3 is 1.27 bits per heavy atom. The van der Waals surface area contributed by atoms with Crippen LogP contribution in [0.4, 0.5) is 22.7 Å². The highest BCUT2D eigenvalue weighted by Crippen LogP contribution is 2.62. The van der Waals surface area contributed by atoms with E-state index in [0.717, 1.165) is 34.0 Å². The second kappa shape index (κ2) is 16.6. The maximum absolute atomic E-state index is 3.98. The molecule has 0 unspecified atom stereocenters. The summed E-state index contributed by atoms with van der Waals surface area (Å²) in [4.78, 5) is 2.49. The van der Waals surface area contributed by atoms with E-state index >= 15 is 0 Å². The van der Waals surface area contributed by atoms with Crippen molar-refractivity contribution in [1.82, 2.24) is 0 Å². The van der Waals surface area contributed by atoms with Crippen LogP contribution in [0.25, 0.3) is 50.6 Å². The first-order valence-corrected chi connectivity index (χ1v) is 22.1. The zero-order valence-corrected chi connectivity index (χ0v) is 35.7. The van der Waals surface area contributed by atoms with Gasteiger partial charge in [0.2, 0.25) is 0 Å². The molecule has 1 spiro atoms. The van der Waals surface area contributed by atoms with Gasteiger partial charge in [-0.25, -0.2) is 0 Å². The molecule has 0 aliphatic carbocycles. The molecule has 304 valence electrons. The fourth-order valence-electron chi connectivity index (χ4n) is 9.84. The third-order valence-corrected chi connectivity index (χ3v) is 12.8. The topological polar surface area (TPSA) is 15.3 Å². The zero-order chi connectivity index (χ0) is 42.9. The van der Waals surface area contributed by atoms with Gasteiger partial charge in [0.05, 0.1) is 16.8 Å². The van der Waals surface area contributed by atoms with Crippen molar-refractivity contribution < 1.29 is 0 Å². The molecule has 9 aromatic carbocycles. The van der Waals surface area contributed by atoms with Crippen LogP contribution in [0.1, 0.15) is 29.2 Å². The van der Waals surface area contributed by atoms with Crippen molar-refractivity contribution in [3.63, 3.8) is 0 Å². The summed E-state index contributed by atoms with van der Waals surface area (Å²) in [5, 5.41) is 3.98. The molecule has 0 radical (unpaired) electrons. The van der Waals surface area contributed by atoms with Gasteiger partial charge in [-0.05, 0) is 134 Å². The number of fused-ring (bicyclic) bond motifs is 6. The van der Waals surface area contributed by atoms with Crippen LogP contribution in [0.5, 0.6) is 0 Å². The Labute approximate surface area is 376 Å². The first kappa shape index (κ1) is 38.7. The van der Waals surface area contributed by atoms with Gasteiger partial charge in [0.15, 0.2) is 0 Å². The second-order valence-electron chi connectivity index (χ2n) is 16.5. The lowest BCUT2D eigenvalue weighted by Crippen LogP contribution is -2.41. The summed E-state index contributed by atoms with van der Waals surface area (Å²) in [7, 11) is 0. The maximum Gasteiger partial charge on any atom is 0.0783 e. The normalized spacial score (nSPS) is 13.7. The van der Waals surface area contributed by atoms with Gasteiger partial charge in [-0.15, -0.1) is 0 Å². The van der Waals surface area contributed by atoms with Crippen LogP contribution in [-0.4, -0.2) is 0 Å². The highest BCUT2D eigenvalue weighted by Gasteiger charge is 2.51. The first-order chi connectivity index (χ1) is 31.7. The fourth-order valence-corrected chi connectivity index (χ4v) is 9.84. The van der Waals surface area contributed by atoms with E-state index in [1.165, 1.54) is 66.8 Å². The van der Waals surface area contributed by atoms with Gasteiger partial charge >= 0.3 is 0 Å². The highest BCUT2D eigenvalue weighted by atomic mass is 15.2. The predicted molar refractivity (Wildman–Crippen MR) is 270 cm³/mol. The molecular formula is C62H46N2. The van der Waals surface area contributed by atoms with E-state index in [4.69, 9.17) is 0 Å². The summed E-state index contributed by atoms with van der Waals surface area (Å²) in [5.41, 5.74) is 20.1. The molecular weight excluding hydrogens is 773 g/mol. The average molecular weight is 819 g/mol. The van der Waals surface area contributed by atoms with Crippen molar-refractivity contribution in [3.8, 4) is 44.5 Å². The largest absolute Gasteiger partial charge is 0.355 e. The van der Waals surface area contributed by atoms with Crippen LogP contribution in [0.15, 0.2) is 260 Å². The van der Waals surface area contributed by atoms with Crippen molar-refractivity contribution in [2.45, 2.75) is 12.3 Å². The number of nitrogens with zero attached hydrogens (tertiary/aromatic N) is 1. The number of anilines is 4. The molecule has 2 aliphatic rings. The lowest BCUT2D eigenvalue weighted by molar-refractivity contribution is 0.718. The van der Waals surface area contributed by atoms with E-state index in [1.807, 2.05) is 0 Å². The van der Waals surface area contributed by atoms with Gasteiger partial charge in [-0.1, -0.05) is 200 Å². The average Bonchev–Trinajstić information content (AvgIpc) is 3.37. The molecule has 0 aromatic heterocycles. The summed E-state index contributed by atoms with van der Waals surface area (Å²) < 4.78 is 0. The second-order valence-corrected chi connectivity index (χ2v) is 16.5. The highest BCUT2D eigenvalue weighted by molar-refractivity contribution is 5.96. The molecule has 0 saturated heterocycles. The van der Waals surface area contributed by atoms with Crippen molar-refractivity contribution in [2.75, 3.05) is 10.2 Å². The number of hydrogen-bond acceptors (Lipinski definition) is 2. The Morgan fingerprint density at radius 2 is 0.781 bits per heavy atom. The molecule has 2 aliphatic heterocycles. The van der Waals surface area contributed by atoms with Gasteiger partial charge in [-0.2, -0.15) is 0 Å². The first-order valence-electron chi connectivity index (χ1n) is 22.1. The van der Waals surface area contributed by atoms with Crippen molar-refractivity contribution in [1.29, 1.82) is 0 Å². The monoisotopic (exact) mass is 818 g/mol. The van der Waals surface area contributed by atoms with Crippen LogP contribution in [0.3, 0.4) is 0 Å². The molecule has 0 fully saturated rings. The van der Waals surface area contributed by atoms with E-state index < -0.39 is 5.41 Å². The Balaban J connectivity index is 1.29. The van der Waals surface area contributed by atoms with Crippen LogP contribution in [0.2, 0.25) is 0 Å². The SMILES string of the molecule is C/C=C\C1=C(C=Cc2ccccc2)C2(c3cc(-c4ccccc4)ccc3N1)c1cc(-c3ccccc3)ccc1N(c1ccc(-c3ccccc3)cc1)c1ccc(-c3ccccc3)cc12.